The van der Waals surface area contributed by atoms with Crippen LogP contribution in [0.2, 0.25) is 0 Å². The Hall–Kier alpha value is -2.49. The van der Waals surface area contributed by atoms with Crippen molar-refractivity contribution in [3.8, 4) is 0 Å². The van der Waals surface area contributed by atoms with Gasteiger partial charge in [-0.1, -0.05) is 18.2 Å². The number of carbonyl (C=O) groups excluding carboxylic acids is 1. The first-order valence-corrected chi connectivity index (χ1v) is 6.52. The molecule has 4 heteroatoms. The first-order valence-electron chi connectivity index (χ1n) is 6.52. The molecule has 0 unspecified atom stereocenters. The van der Waals surface area contributed by atoms with Gasteiger partial charge in [-0.15, -0.1) is 0 Å². The second-order valence-electron chi connectivity index (χ2n) is 4.93. The Morgan fingerprint density at radius 2 is 1.95 bits per heavy atom. The van der Waals surface area contributed by atoms with Crippen molar-refractivity contribution in [1.29, 1.82) is 0 Å². The molecule has 2 aromatic heterocycles. The van der Waals surface area contributed by atoms with Crippen LogP contribution in [-0.4, -0.2) is 20.4 Å². The zero-order chi connectivity index (χ0) is 14.1. The van der Waals surface area contributed by atoms with Crippen molar-refractivity contribution in [2.24, 2.45) is 0 Å². The van der Waals surface area contributed by atoms with Gasteiger partial charge in [-0.3, -0.25) is 9.78 Å². The summed E-state index contributed by atoms with van der Waals surface area (Å²) in [4.78, 5) is 16.6. The molecule has 0 bridgehead atoms. The largest absolute Gasteiger partial charge is 0.294 e. The summed E-state index contributed by atoms with van der Waals surface area (Å²) in [5, 5.41) is 4.18. The lowest BCUT2D eigenvalue weighted by atomic mass is 9.96. The lowest BCUT2D eigenvalue weighted by molar-refractivity contribution is 0.0994. The van der Waals surface area contributed by atoms with Gasteiger partial charge in [0.2, 0.25) is 0 Å². The highest BCUT2D eigenvalue weighted by atomic mass is 16.1. The van der Waals surface area contributed by atoms with Crippen LogP contribution in [0, 0.1) is 13.8 Å². The Labute approximate surface area is 117 Å². The highest BCUT2D eigenvalue weighted by Gasteiger charge is 2.15. The van der Waals surface area contributed by atoms with Gasteiger partial charge in [0.25, 0.3) is 0 Å². The maximum Gasteiger partial charge on any atom is 0.171 e. The lowest BCUT2D eigenvalue weighted by Crippen LogP contribution is -2.06. The molecule has 20 heavy (non-hydrogen) atoms. The van der Waals surface area contributed by atoms with E-state index in [2.05, 4.69) is 10.1 Å². The lowest BCUT2D eigenvalue weighted by Gasteiger charge is -2.08. The van der Waals surface area contributed by atoms with E-state index in [-0.39, 0.29) is 5.78 Å². The fraction of sp³-hybridized carbons (Fsp3) is 0.188. The maximum atomic E-state index is 12.5. The van der Waals surface area contributed by atoms with Gasteiger partial charge in [0, 0.05) is 18.8 Å². The second kappa shape index (κ2) is 4.89. The quantitative estimate of drug-likeness (QED) is 0.684. The van der Waals surface area contributed by atoms with E-state index in [1.54, 1.807) is 29.3 Å². The molecule has 100 valence electrons. The summed E-state index contributed by atoms with van der Waals surface area (Å²) in [6, 6.07) is 6.08. The topological polar surface area (TPSA) is 47.3 Å². The predicted molar refractivity (Wildman–Crippen MR) is 76.9 cm³/mol. The van der Waals surface area contributed by atoms with Crippen LogP contribution in [0.15, 0.2) is 43.0 Å². The number of nitrogens with zero attached hydrogens (tertiary/aromatic N) is 3. The molecule has 1 aromatic carbocycles. The van der Waals surface area contributed by atoms with Crippen LogP contribution in [0.25, 0.3) is 5.52 Å². The zero-order valence-corrected chi connectivity index (χ0v) is 11.5. The molecular weight excluding hydrogens is 250 g/mol. The summed E-state index contributed by atoms with van der Waals surface area (Å²) < 4.78 is 1.67. The van der Waals surface area contributed by atoms with Crippen LogP contribution in [0.3, 0.4) is 0 Å². The van der Waals surface area contributed by atoms with Crippen molar-refractivity contribution in [3.05, 3.63) is 65.2 Å². The number of Topliss-reactive ketones (excluding diaryl/α,β-unsaturated/α-hetero) is 1. The second-order valence-corrected chi connectivity index (χ2v) is 4.93. The van der Waals surface area contributed by atoms with Gasteiger partial charge in [-0.25, -0.2) is 4.52 Å². The van der Waals surface area contributed by atoms with E-state index >= 15 is 0 Å². The Bertz CT molecular complexity index is 769. The smallest absolute Gasteiger partial charge is 0.171 e. The van der Waals surface area contributed by atoms with Crippen LogP contribution >= 0.6 is 0 Å². The minimum absolute atomic E-state index is 0.0744. The van der Waals surface area contributed by atoms with Crippen molar-refractivity contribution < 1.29 is 4.79 Å². The molecule has 3 aromatic rings. The Morgan fingerprint density at radius 3 is 2.70 bits per heavy atom. The Balaban J connectivity index is 1.98. The van der Waals surface area contributed by atoms with E-state index in [1.165, 1.54) is 0 Å². The molecule has 0 radical (unpaired) electrons. The average molecular weight is 265 g/mol. The number of benzene rings is 1. The normalized spacial score (nSPS) is 10.9. The van der Waals surface area contributed by atoms with Crippen LogP contribution in [0.4, 0.5) is 0 Å². The standard InChI is InChI=1S/C16H15N3O/c1-11-4-3-5-12(2)13(11)8-16(20)14-9-18-19-7-6-17-10-15(14)19/h3-7,9-10H,8H2,1-2H3. The van der Waals surface area contributed by atoms with Gasteiger partial charge < -0.3 is 0 Å². The molecule has 0 amide bonds. The number of aryl methyl sites for hydroxylation is 2. The van der Waals surface area contributed by atoms with Gasteiger partial charge in [-0.05, 0) is 30.5 Å². The van der Waals surface area contributed by atoms with Gasteiger partial charge in [-0.2, -0.15) is 5.10 Å². The number of ketones is 1. The summed E-state index contributed by atoms with van der Waals surface area (Å²) in [5.74, 6) is 0.0744. The van der Waals surface area contributed by atoms with Gasteiger partial charge in [0.15, 0.2) is 5.78 Å². The van der Waals surface area contributed by atoms with E-state index in [0.717, 1.165) is 22.2 Å². The highest BCUT2D eigenvalue weighted by Crippen LogP contribution is 2.18. The summed E-state index contributed by atoms with van der Waals surface area (Å²) in [7, 11) is 0. The fourth-order valence-corrected chi connectivity index (χ4v) is 2.43. The van der Waals surface area contributed by atoms with Crippen molar-refractivity contribution in [2.75, 3.05) is 0 Å². The Kier molecular flexibility index (Phi) is 3.06. The number of rotatable bonds is 3. The van der Waals surface area contributed by atoms with Crippen LogP contribution in [0.5, 0.6) is 0 Å². The van der Waals surface area contributed by atoms with E-state index < -0.39 is 0 Å². The monoisotopic (exact) mass is 265 g/mol. The van der Waals surface area contributed by atoms with E-state index in [0.29, 0.717) is 12.0 Å². The third-order valence-electron chi connectivity index (χ3n) is 3.61. The molecule has 0 saturated heterocycles. The first kappa shape index (κ1) is 12.5. The average Bonchev–Trinajstić information content (AvgIpc) is 2.87. The molecular formula is C16H15N3O. The molecule has 0 spiro atoms. The Morgan fingerprint density at radius 1 is 1.20 bits per heavy atom. The first-order chi connectivity index (χ1) is 9.66. The van der Waals surface area contributed by atoms with E-state index in [4.69, 9.17) is 0 Å². The van der Waals surface area contributed by atoms with Gasteiger partial charge in [0.05, 0.1) is 23.5 Å². The molecule has 4 nitrogen and oxygen atoms in total. The van der Waals surface area contributed by atoms with Gasteiger partial charge in [0.1, 0.15) is 0 Å². The SMILES string of the molecule is Cc1cccc(C)c1CC(=O)c1cnn2ccncc12. The molecule has 0 atom stereocenters. The molecule has 0 aliphatic carbocycles. The summed E-state index contributed by atoms with van der Waals surface area (Å²) in [6.07, 6.45) is 7.08. The molecule has 2 heterocycles. The molecule has 0 saturated carbocycles. The number of carbonyl (C=O) groups is 1. The molecule has 3 rings (SSSR count). The number of aromatic nitrogens is 3. The fourth-order valence-electron chi connectivity index (χ4n) is 2.43. The zero-order valence-electron chi connectivity index (χ0n) is 11.5. The van der Waals surface area contributed by atoms with Crippen molar-refractivity contribution >= 4 is 11.3 Å². The third kappa shape index (κ3) is 2.09. The number of hydrogen-bond acceptors (Lipinski definition) is 3. The maximum absolute atomic E-state index is 12.5. The summed E-state index contributed by atoms with van der Waals surface area (Å²) in [6.45, 7) is 4.07. The van der Waals surface area contributed by atoms with E-state index in [9.17, 15) is 4.79 Å². The molecule has 0 N–H and O–H groups in total. The minimum Gasteiger partial charge on any atom is -0.294 e. The van der Waals surface area contributed by atoms with Crippen LogP contribution in [0.1, 0.15) is 27.0 Å². The molecule has 0 aliphatic rings. The van der Waals surface area contributed by atoms with Crippen molar-refractivity contribution in [2.45, 2.75) is 20.3 Å². The third-order valence-corrected chi connectivity index (χ3v) is 3.61. The molecule has 0 fully saturated rings. The summed E-state index contributed by atoms with van der Waals surface area (Å²) in [5.41, 5.74) is 4.77. The van der Waals surface area contributed by atoms with E-state index in [1.807, 2.05) is 32.0 Å². The predicted octanol–water partition coefficient (Wildman–Crippen LogP) is 2.77. The van der Waals surface area contributed by atoms with Crippen LogP contribution in [-0.2, 0) is 6.42 Å². The highest BCUT2D eigenvalue weighted by molar-refractivity contribution is 6.03. The molecule has 0 aliphatic heterocycles. The number of hydrogen-bond donors (Lipinski definition) is 0. The van der Waals surface area contributed by atoms with Crippen LogP contribution < -0.4 is 0 Å². The van der Waals surface area contributed by atoms with Gasteiger partial charge >= 0.3 is 0 Å². The number of fused-ring (bicyclic) bond motifs is 1. The van der Waals surface area contributed by atoms with Crippen molar-refractivity contribution in [1.82, 2.24) is 14.6 Å². The summed E-state index contributed by atoms with van der Waals surface area (Å²) >= 11 is 0. The minimum atomic E-state index is 0.0744. The van der Waals surface area contributed by atoms with Crippen molar-refractivity contribution in [3.63, 3.8) is 0 Å².